The fourth-order valence-electron chi connectivity index (χ4n) is 3.85. The lowest BCUT2D eigenvalue weighted by atomic mass is 9.87. The summed E-state index contributed by atoms with van der Waals surface area (Å²) in [4.78, 5) is 0. The van der Waals surface area contributed by atoms with Gasteiger partial charge in [-0.1, -0.05) is 43.2 Å². The maximum atomic E-state index is 13.1. The predicted molar refractivity (Wildman–Crippen MR) is 104 cm³/mol. The fraction of sp³-hybridized carbons (Fsp3) is 0.364. The van der Waals surface area contributed by atoms with Crippen molar-refractivity contribution in [2.75, 3.05) is 7.11 Å². The van der Waals surface area contributed by atoms with Crippen molar-refractivity contribution in [1.82, 2.24) is 0 Å². The Labute approximate surface area is 162 Å². The van der Waals surface area contributed by atoms with E-state index in [1.807, 2.05) is 18.2 Å². The molecule has 0 amide bonds. The van der Waals surface area contributed by atoms with Crippen LogP contribution in [-0.2, 0) is 19.0 Å². The third kappa shape index (κ3) is 3.60. The van der Waals surface area contributed by atoms with Gasteiger partial charge < -0.3 is 4.74 Å². The first kappa shape index (κ1) is 19.8. The molecule has 1 aliphatic rings. The molecule has 1 nitrogen and oxygen atoms in total. The smallest absolute Gasteiger partial charge is 0.416 e. The van der Waals surface area contributed by atoms with Gasteiger partial charge in [0.2, 0.25) is 0 Å². The van der Waals surface area contributed by atoms with Gasteiger partial charge in [0.15, 0.2) is 0 Å². The van der Waals surface area contributed by atoms with Gasteiger partial charge in [0.05, 0.1) is 17.7 Å². The monoisotopic (exact) mass is 394 g/mol. The summed E-state index contributed by atoms with van der Waals surface area (Å²) in [5.41, 5.74) is 4.86. The molecule has 0 aromatic heterocycles. The second-order valence-corrected chi connectivity index (χ2v) is 7.37. The van der Waals surface area contributed by atoms with Crippen molar-refractivity contribution in [1.29, 1.82) is 0 Å². The Morgan fingerprint density at radius 1 is 1.22 bits per heavy atom. The molecular weight excluding hydrogens is 373 g/mol. The highest BCUT2D eigenvalue weighted by atomic mass is 35.5. The largest absolute Gasteiger partial charge is 0.495 e. The summed E-state index contributed by atoms with van der Waals surface area (Å²) in [6, 6.07) is 6.35. The lowest BCUT2D eigenvalue weighted by Crippen LogP contribution is -2.07. The standard InChI is InChI=1S/C22H22ClF3O/c1-5-14-6-7-19(27-4)21(23)20(14)13(3)15-9-16-10-17(22(24,25)26)8-12(2)18(16)11-15/h6-8,10-11,13H,5,9H2,1-4H3. The van der Waals surface area contributed by atoms with Gasteiger partial charge in [0, 0.05) is 5.92 Å². The molecular formula is C22H22ClF3O. The van der Waals surface area contributed by atoms with E-state index in [0.29, 0.717) is 22.8 Å². The molecule has 0 saturated carbocycles. The Morgan fingerprint density at radius 3 is 2.52 bits per heavy atom. The van der Waals surface area contributed by atoms with E-state index in [9.17, 15) is 13.2 Å². The second kappa shape index (κ2) is 7.23. The number of aryl methyl sites for hydroxylation is 2. The van der Waals surface area contributed by atoms with Gasteiger partial charge >= 0.3 is 6.18 Å². The topological polar surface area (TPSA) is 9.23 Å². The average Bonchev–Trinajstić information content (AvgIpc) is 3.05. The van der Waals surface area contributed by atoms with Crippen LogP contribution in [0.5, 0.6) is 5.75 Å². The lowest BCUT2D eigenvalue weighted by molar-refractivity contribution is -0.137. The van der Waals surface area contributed by atoms with Crippen molar-refractivity contribution < 1.29 is 17.9 Å². The number of methoxy groups -OCH3 is 1. The van der Waals surface area contributed by atoms with Crippen LogP contribution in [0.2, 0.25) is 5.02 Å². The van der Waals surface area contributed by atoms with Crippen LogP contribution in [0, 0.1) is 6.92 Å². The normalized spacial score (nSPS) is 14.7. The number of halogens is 4. The molecule has 2 aromatic rings. The maximum absolute atomic E-state index is 13.1. The Balaban J connectivity index is 2.02. The van der Waals surface area contributed by atoms with E-state index in [1.165, 1.54) is 12.1 Å². The van der Waals surface area contributed by atoms with E-state index in [0.717, 1.165) is 34.2 Å². The number of alkyl halides is 3. The third-order valence-electron chi connectivity index (χ3n) is 5.35. The van der Waals surface area contributed by atoms with Crippen molar-refractivity contribution in [3.05, 3.63) is 68.2 Å². The van der Waals surface area contributed by atoms with Crippen molar-refractivity contribution >= 4 is 17.7 Å². The number of hydrogen-bond acceptors (Lipinski definition) is 1. The molecule has 2 aromatic carbocycles. The number of allylic oxidation sites excluding steroid dienone is 1. The number of rotatable bonds is 4. The molecule has 0 saturated heterocycles. The van der Waals surface area contributed by atoms with Crippen LogP contribution in [0.25, 0.3) is 6.08 Å². The summed E-state index contributed by atoms with van der Waals surface area (Å²) in [6.45, 7) is 5.84. The highest BCUT2D eigenvalue weighted by molar-refractivity contribution is 6.33. The molecule has 0 radical (unpaired) electrons. The highest BCUT2D eigenvalue weighted by Crippen LogP contribution is 2.43. The zero-order valence-electron chi connectivity index (χ0n) is 15.8. The second-order valence-electron chi connectivity index (χ2n) is 6.99. The van der Waals surface area contributed by atoms with Crippen LogP contribution in [0.1, 0.15) is 53.1 Å². The average molecular weight is 395 g/mol. The molecule has 0 heterocycles. The molecule has 27 heavy (non-hydrogen) atoms. The molecule has 0 bridgehead atoms. The first-order valence-electron chi connectivity index (χ1n) is 8.93. The Hall–Kier alpha value is -1.94. The Morgan fingerprint density at radius 2 is 1.93 bits per heavy atom. The summed E-state index contributed by atoms with van der Waals surface area (Å²) >= 11 is 6.59. The summed E-state index contributed by atoms with van der Waals surface area (Å²) in [7, 11) is 1.58. The van der Waals surface area contributed by atoms with Crippen molar-refractivity contribution in [3.63, 3.8) is 0 Å². The summed E-state index contributed by atoms with van der Waals surface area (Å²) in [6.07, 6.45) is -0.997. The molecule has 0 fully saturated rings. The molecule has 144 valence electrons. The Kier molecular flexibility index (Phi) is 5.31. The van der Waals surface area contributed by atoms with Gasteiger partial charge in [-0.3, -0.25) is 0 Å². The predicted octanol–water partition coefficient (Wildman–Crippen LogP) is 6.98. The van der Waals surface area contributed by atoms with E-state index in [2.05, 4.69) is 13.8 Å². The molecule has 0 N–H and O–H groups in total. The van der Waals surface area contributed by atoms with Gasteiger partial charge in [-0.25, -0.2) is 0 Å². The summed E-state index contributed by atoms with van der Waals surface area (Å²) in [5.74, 6) is 0.603. The minimum atomic E-state index is -4.33. The van der Waals surface area contributed by atoms with Gasteiger partial charge in [-0.05, 0) is 65.8 Å². The highest BCUT2D eigenvalue weighted by Gasteiger charge is 2.33. The van der Waals surface area contributed by atoms with E-state index in [-0.39, 0.29) is 5.92 Å². The van der Waals surface area contributed by atoms with Crippen LogP contribution in [-0.4, -0.2) is 7.11 Å². The molecule has 1 atom stereocenters. The zero-order valence-corrected chi connectivity index (χ0v) is 16.6. The zero-order chi connectivity index (χ0) is 19.9. The number of benzene rings is 2. The first-order valence-corrected chi connectivity index (χ1v) is 9.31. The molecule has 0 aliphatic heterocycles. The van der Waals surface area contributed by atoms with Crippen LogP contribution in [0.3, 0.4) is 0 Å². The van der Waals surface area contributed by atoms with Crippen LogP contribution in [0.4, 0.5) is 13.2 Å². The first-order chi connectivity index (χ1) is 12.7. The minimum absolute atomic E-state index is 0.0105. The summed E-state index contributed by atoms with van der Waals surface area (Å²) < 4.78 is 44.8. The molecule has 0 spiro atoms. The van der Waals surface area contributed by atoms with Gasteiger partial charge in [-0.15, -0.1) is 0 Å². The molecule has 1 aliphatic carbocycles. The number of hydrogen-bond donors (Lipinski definition) is 0. The van der Waals surface area contributed by atoms with Crippen molar-refractivity contribution in [3.8, 4) is 5.75 Å². The Bertz CT molecular complexity index is 913. The van der Waals surface area contributed by atoms with Gasteiger partial charge in [0.1, 0.15) is 5.75 Å². The van der Waals surface area contributed by atoms with Crippen molar-refractivity contribution in [2.24, 2.45) is 0 Å². The van der Waals surface area contributed by atoms with Crippen molar-refractivity contribution in [2.45, 2.75) is 45.7 Å². The quantitative estimate of drug-likeness (QED) is 0.543. The van der Waals surface area contributed by atoms with E-state index >= 15 is 0 Å². The number of fused-ring (bicyclic) bond motifs is 1. The maximum Gasteiger partial charge on any atom is 0.416 e. The molecule has 1 unspecified atom stereocenters. The lowest BCUT2D eigenvalue weighted by Gasteiger charge is -2.20. The van der Waals surface area contributed by atoms with Crippen LogP contribution in [0.15, 0.2) is 29.8 Å². The number of ether oxygens (including phenoxy) is 1. The SMILES string of the molecule is CCc1ccc(OC)c(Cl)c1C(C)C1=Cc2c(C)cc(C(F)(F)F)cc2C1. The fourth-order valence-corrected chi connectivity index (χ4v) is 4.28. The van der Waals surface area contributed by atoms with E-state index in [4.69, 9.17) is 16.3 Å². The third-order valence-corrected chi connectivity index (χ3v) is 5.74. The van der Waals surface area contributed by atoms with E-state index < -0.39 is 11.7 Å². The molecule has 5 heteroatoms. The van der Waals surface area contributed by atoms with Crippen LogP contribution >= 0.6 is 11.6 Å². The van der Waals surface area contributed by atoms with Crippen LogP contribution < -0.4 is 4.74 Å². The van der Waals surface area contributed by atoms with Gasteiger partial charge in [-0.2, -0.15) is 13.2 Å². The van der Waals surface area contributed by atoms with Gasteiger partial charge in [0.25, 0.3) is 0 Å². The van der Waals surface area contributed by atoms with E-state index in [1.54, 1.807) is 14.0 Å². The molecule has 3 rings (SSSR count). The summed E-state index contributed by atoms with van der Waals surface area (Å²) in [5, 5.41) is 0.578. The minimum Gasteiger partial charge on any atom is -0.495 e.